The Labute approximate surface area is 205 Å². The molecule has 0 radical (unpaired) electrons. The number of ether oxygens (including phenoxy) is 1. The number of fused-ring (bicyclic) bond motifs is 5. The van der Waals surface area contributed by atoms with Crippen LogP contribution >= 0.6 is 0 Å². The van der Waals surface area contributed by atoms with Gasteiger partial charge in [0.25, 0.3) is 0 Å². The Morgan fingerprint density at radius 3 is 2.14 bits per heavy atom. The van der Waals surface area contributed by atoms with E-state index >= 15 is 0 Å². The first-order chi connectivity index (χ1) is 16.9. The second-order valence-corrected chi connectivity index (χ2v) is 10.2. The summed E-state index contributed by atoms with van der Waals surface area (Å²) in [6.45, 7) is 3.18. The summed E-state index contributed by atoms with van der Waals surface area (Å²) < 4.78 is 5.60. The van der Waals surface area contributed by atoms with Crippen molar-refractivity contribution in [1.29, 1.82) is 0 Å². The number of benzene rings is 2. The van der Waals surface area contributed by atoms with Crippen molar-refractivity contribution in [3.05, 3.63) is 59.7 Å². The Kier molecular flexibility index (Phi) is 6.50. The SMILES string of the molecule is CC(CCC(=O)N1CC2CCC(C1)C2C(=O)O)NC(=O)OCC1c2ccccc2-c2ccccc21. The third-order valence-corrected chi connectivity index (χ3v) is 7.97. The van der Waals surface area contributed by atoms with Crippen molar-refractivity contribution in [2.75, 3.05) is 19.7 Å². The third kappa shape index (κ3) is 4.64. The molecule has 35 heavy (non-hydrogen) atoms. The summed E-state index contributed by atoms with van der Waals surface area (Å²) in [5.74, 6) is -0.877. The number of piperidine rings is 1. The lowest BCUT2D eigenvalue weighted by Crippen LogP contribution is -2.47. The Morgan fingerprint density at radius 2 is 1.57 bits per heavy atom. The second-order valence-electron chi connectivity index (χ2n) is 10.2. The molecule has 2 N–H and O–H groups in total. The van der Waals surface area contributed by atoms with Crippen LogP contribution in [-0.4, -0.2) is 53.7 Å². The predicted octanol–water partition coefficient (Wildman–Crippen LogP) is 4.26. The number of carboxylic acid groups (broad SMARTS) is 1. The molecule has 7 heteroatoms. The van der Waals surface area contributed by atoms with Crippen LogP contribution < -0.4 is 5.32 Å². The lowest BCUT2D eigenvalue weighted by atomic mass is 9.85. The lowest BCUT2D eigenvalue weighted by Gasteiger charge is -2.36. The first kappa shape index (κ1) is 23.4. The van der Waals surface area contributed by atoms with E-state index in [1.54, 1.807) is 0 Å². The van der Waals surface area contributed by atoms with Crippen LogP contribution in [0.4, 0.5) is 4.79 Å². The van der Waals surface area contributed by atoms with Crippen molar-refractivity contribution >= 4 is 18.0 Å². The molecule has 2 bridgehead atoms. The van der Waals surface area contributed by atoms with E-state index in [2.05, 4.69) is 29.6 Å². The van der Waals surface area contributed by atoms with Crippen molar-refractivity contribution in [2.24, 2.45) is 17.8 Å². The molecule has 2 amide bonds. The fourth-order valence-electron chi connectivity index (χ4n) is 6.24. The maximum absolute atomic E-state index is 12.8. The lowest BCUT2D eigenvalue weighted by molar-refractivity contribution is -0.149. The largest absolute Gasteiger partial charge is 0.481 e. The summed E-state index contributed by atoms with van der Waals surface area (Å²) >= 11 is 0. The van der Waals surface area contributed by atoms with Crippen molar-refractivity contribution < 1.29 is 24.2 Å². The average Bonchev–Trinajstić information content (AvgIpc) is 3.32. The monoisotopic (exact) mass is 476 g/mol. The van der Waals surface area contributed by atoms with Gasteiger partial charge in [-0.1, -0.05) is 48.5 Å². The van der Waals surface area contributed by atoms with E-state index in [4.69, 9.17) is 4.74 Å². The standard InChI is InChI=1S/C28H32N2O5/c1-17(10-13-25(31)30-14-18-11-12-19(15-30)26(18)27(32)33)29-28(34)35-16-24-22-8-4-2-6-20(22)21-7-3-5-9-23(21)24/h2-9,17-19,24,26H,10-16H2,1H3,(H,29,34)(H,32,33). The minimum absolute atomic E-state index is 0.00846. The molecule has 3 aliphatic rings. The molecule has 184 valence electrons. The van der Waals surface area contributed by atoms with Gasteiger partial charge in [0.1, 0.15) is 6.61 Å². The van der Waals surface area contributed by atoms with Gasteiger partial charge in [-0.25, -0.2) is 4.79 Å². The zero-order chi connectivity index (χ0) is 24.5. The molecule has 3 unspecified atom stereocenters. The van der Waals surface area contributed by atoms with Crippen LogP contribution in [0.1, 0.15) is 49.7 Å². The van der Waals surface area contributed by atoms with Crippen LogP contribution in [0.2, 0.25) is 0 Å². The summed E-state index contributed by atoms with van der Waals surface area (Å²) in [7, 11) is 0. The quantitative estimate of drug-likeness (QED) is 0.622. The first-order valence-corrected chi connectivity index (χ1v) is 12.5. The minimum Gasteiger partial charge on any atom is -0.481 e. The number of rotatable bonds is 7. The summed E-state index contributed by atoms with van der Waals surface area (Å²) in [6.07, 6.45) is 2.11. The highest BCUT2D eigenvalue weighted by molar-refractivity contribution is 5.79. The van der Waals surface area contributed by atoms with E-state index in [9.17, 15) is 19.5 Å². The number of carboxylic acids is 1. The molecule has 2 fully saturated rings. The molecular weight excluding hydrogens is 444 g/mol. The Hall–Kier alpha value is -3.35. The number of hydrogen-bond donors (Lipinski definition) is 2. The van der Waals surface area contributed by atoms with Crippen molar-refractivity contribution in [1.82, 2.24) is 10.2 Å². The van der Waals surface area contributed by atoms with Crippen LogP contribution in [0.15, 0.2) is 48.5 Å². The van der Waals surface area contributed by atoms with E-state index in [1.807, 2.05) is 36.1 Å². The van der Waals surface area contributed by atoms with Gasteiger partial charge in [0.2, 0.25) is 5.91 Å². The maximum Gasteiger partial charge on any atom is 0.407 e. The number of carbonyl (C=O) groups is 3. The predicted molar refractivity (Wildman–Crippen MR) is 131 cm³/mol. The molecule has 2 aromatic carbocycles. The highest BCUT2D eigenvalue weighted by Gasteiger charge is 2.46. The molecular formula is C28H32N2O5. The number of aliphatic carboxylic acids is 1. The van der Waals surface area contributed by atoms with Crippen LogP contribution in [0.25, 0.3) is 11.1 Å². The number of alkyl carbamates (subject to hydrolysis) is 1. The average molecular weight is 477 g/mol. The molecule has 1 saturated heterocycles. The smallest absolute Gasteiger partial charge is 0.407 e. The molecule has 1 saturated carbocycles. The van der Waals surface area contributed by atoms with Gasteiger partial charge in [-0.05, 0) is 60.3 Å². The molecule has 5 rings (SSSR count). The van der Waals surface area contributed by atoms with Gasteiger partial charge >= 0.3 is 12.1 Å². The van der Waals surface area contributed by atoms with Gasteiger partial charge in [0.15, 0.2) is 0 Å². The van der Waals surface area contributed by atoms with E-state index in [-0.39, 0.29) is 42.2 Å². The summed E-state index contributed by atoms with van der Waals surface area (Å²) in [5, 5.41) is 12.3. The zero-order valence-corrected chi connectivity index (χ0v) is 20.0. The van der Waals surface area contributed by atoms with E-state index < -0.39 is 12.1 Å². The van der Waals surface area contributed by atoms with Crippen molar-refractivity contribution in [3.8, 4) is 11.1 Å². The first-order valence-electron chi connectivity index (χ1n) is 12.5. The van der Waals surface area contributed by atoms with Gasteiger partial charge in [-0.2, -0.15) is 0 Å². The Bertz CT molecular complexity index is 1070. The molecule has 1 heterocycles. The number of nitrogens with zero attached hydrogens (tertiary/aromatic N) is 1. The molecule has 7 nitrogen and oxygen atoms in total. The van der Waals surface area contributed by atoms with Crippen molar-refractivity contribution in [2.45, 2.75) is 44.6 Å². The fourth-order valence-corrected chi connectivity index (χ4v) is 6.24. The zero-order valence-electron chi connectivity index (χ0n) is 20.0. The highest BCUT2D eigenvalue weighted by atomic mass is 16.5. The number of carbonyl (C=O) groups excluding carboxylic acids is 2. The van der Waals surface area contributed by atoms with Crippen LogP contribution in [-0.2, 0) is 14.3 Å². The number of amides is 2. The van der Waals surface area contributed by atoms with Crippen LogP contribution in [0.3, 0.4) is 0 Å². The van der Waals surface area contributed by atoms with Gasteiger partial charge in [0, 0.05) is 31.5 Å². The van der Waals surface area contributed by atoms with Gasteiger partial charge in [-0.15, -0.1) is 0 Å². The van der Waals surface area contributed by atoms with Crippen LogP contribution in [0.5, 0.6) is 0 Å². The number of hydrogen-bond acceptors (Lipinski definition) is 4. The molecule has 1 aliphatic heterocycles. The van der Waals surface area contributed by atoms with Gasteiger partial charge < -0.3 is 20.1 Å². The summed E-state index contributed by atoms with van der Waals surface area (Å²) in [5.41, 5.74) is 4.70. The normalized spacial score (nSPS) is 23.3. The number of nitrogens with one attached hydrogen (secondary N) is 1. The Balaban J connectivity index is 1.09. The molecule has 0 aromatic heterocycles. The van der Waals surface area contributed by atoms with E-state index in [1.165, 1.54) is 22.3 Å². The van der Waals surface area contributed by atoms with Gasteiger partial charge in [-0.3, -0.25) is 9.59 Å². The fraction of sp³-hybridized carbons (Fsp3) is 0.464. The van der Waals surface area contributed by atoms with E-state index in [0.717, 1.165) is 12.8 Å². The number of likely N-dealkylation sites (tertiary alicyclic amines) is 1. The minimum atomic E-state index is -0.731. The molecule has 2 aromatic rings. The van der Waals surface area contributed by atoms with Crippen LogP contribution in [0, 0.1) is 17.8 Å². The van der Waals surface area contributed by atoms with E-state index in [0.29, 0.717) is 25.9 Å². The van der Waals surface area contributed by atoms with Crippen molar-refractivity contribution in [3.63, 3.8) is 0 Å². The Morgan fingerprint density at radius 1 is 1.00 bits per heavy atom. The molecule has 0 spiro atoms. The summed E-state index contributed by atoms with van der Waals surface area (Å²) in [4.78, 5) is 38.6. The van der Waals surface area contributed by atoms with Gasteiger partial charge in [0.05, 0.1) is 5.92 Å². The second kappa shape index (κ2) is 9.72. The highest BCUT2D eigenvalue weighted by Crippen LogP contribution is 2.44. The summed E-state index contributed by atoms with van der Waals surface area (Å²) in [6, 6.07) is 16.2. The topological polar surface area (TPSA) is 95.9 Å². The third-order valence-electron chi connectivity index (χ3n) is 7.97. The molecule has 2 aliphatic carbocycles. The maximum atomic E-state index is 12.8. The molecule has 3 atom stereocenters.